The number of carbonyl (C=O) groups is 2. The van der Waals surface area contributed by atoms with E-state index in [2.05, 4.69) is 5.32 Å². The summed E-state index contributed by atoms with van der Waals surface area (Å²) in [5, 5.41) is 2.90. The minimum absolute atomic E-state index is 0.0780. The highest BCUT2D eigenvalue weighted by molar-refractivity contribution is 7.92. The summed E-state index contributed by atoms with van der Waals surface area (Å²) in [6.07, 6.45) is 1.74. The highest BCUT2D eigenvalue weighted by atomic mass is 32.2. The summed E-state index contributed by atoms with van der Waals surface area (Å²) in [7, 11) is 0.570. The zero-order chi connectivity index (χ0) is 27.8. The Morgan fingerprint density at radius 2 is 1.65 bits per heavy atom. The van der Waals surface area contributed by atoms with E-state index in [4.69, 9.17) is 14.2 Å². The standard InChI is InChI=1S/C26H37N3O7S/c1-8-18(2)27-26(31)19(3)28(16-20-10-9-11-22(14-20)34-4)25(30)17-29(37(7,32)33)21-12-13-23(35-5)24(15-21)36-6/h9-15,18-19H,8,16-17H2,1-7H3,(H,27,31)/t18-,19-/m0/s1. The van der Waals surface area contributed by atoms with Gasteiger partial charge in [0, 0.05) is 18.7 Å². The van der Waals surface area contributed by atoms with E-state index in [0.29, 0.717) is 17.2 Å². The SMILES string of the molecule is CC[C@H](C)NC(=O)[C@H](C)N(Cc1cccc(OC)c1)C(=O)CN(c1ccc(OC)c(OC)c1)S(C)(=O)=O. The van der Waals surface area contributed by atoms with Crippen LogP contribution >= 0.6 is 0 Å². The van der Waals surface area contributed by atoms with Crippen molar-refractivity contribution >= 4 is 27.5 Å². The fourth-order valence-electron chi connectivity index (χ4n) is 3.61. The third kappa shape index (κ3) is 8.01. The first-order chi connectivity index (χ1) is 17.4. The van der Waals surface area contributed by atoms with E-state index in [1.807, 2.05) is 19.9 Å². The van der Waals surface area contributed by atoms with Crippen LogP contribution in [0.5, 0.6) is 17.2 Å². The zero-order valence-corrected chi connectivity index (χ0v) is 23.3. The molecule has 11 heteroatoms. The summed E-state index contributed by atoms with van der Waals surface area (Å²) in [5.41, 5.74) is 0.958. The van der Waals surface area contributed by atoms with Gasteiger partial charge in [0.1, 0.15) is 18.3 Å². The lowest BCUT2D eigenvalue weighted by atomic mass is 10.1. The predicted octanol–water partition coefficient (Wildman–Crippen LogP) is 2.81. The second-order valence-corrected chi connectivity index (χ2v) is 10.6. The maximum atomic E-state index is 13.7. The minimum Gasteiger partial charge on any atom is -0.497 e. The van der Waals surface area contributed by atoms with Crippen molar-refractivity contribution in [3.05, 3.63) is 48.0 Å². The Labute approximate surface area is 219 Å². The van der Waals surface area contributed by atoms with E-state index in [1.165, 1.54) is 38.4 Å². The molecule has 0 unspecified atom stereocenters. The molecule has 2 amide bonds. The molecule has 2 atom stereocenters. The van der Waals surface area contributed by atoms with Crippen molar-refractivity contribution in [2.75, 3.05) is 38.4 Å². The molecule has 0 heterocycles. The molecule has 0 spiro atoms. The maximum absolute atomic E-state index is 13.7. The van der Waals surface area contributed by atoms with Crippen molar-refractivity contribution in [3.63, 3.8) is 0 Å². The van der Waals surface area contributed by atoms with Gasteiger partial charge in [0.25, 0.3) is 0 Å². The molecular weight excluding hydrogens is 498 g/mol. The summed E-state index contributed by atoms with van der Waals surface area (Å²) >= 11 is 0. The van der Waals surface area contributed by atoms with Crippen LogP contribution in [-0.4, -0.2) is 71.3 Å². The first-order valence-electron chi connectivity index (χ1n) is 11.9. The summed E-state index contributed by atoms with van der Waals surface area (Å²) in [6.45, 7) is 5.01. The first-order valence-corrected chi connectivity index (χ1v) is 13.7. The van der Waals surface area contributed by atoms with Crippen LogP contribution in [0.2, 0.25) is 0 Å². The van der Waals surface area contributed by atoms with Gasteiger partial charge in [-0.3, -0.25) is 13.9 Å². The summed E-state index contributed by atoms with van der Waals surface area (Å²) in [5.74, 6) is 0.457. The first kappa shape index (κ1) is 29.8. The topological polar surface area (TPSA) is 114 Å². The van der Waals surface area contributed by atoms with Gasteiger partial charge in [-0.2, -0.15) is 0 Å². The average Bonchev–Trinajstić information content (AvgIpc) is 2.88. The Kier molecular flexibility index (Phi) is 10.6. The summed E-state index contributed by atoms with van der Waals surface area (Å²) < 4.78 is 42.3. The van der Waals surface area contributed by atoms with Gasteiger partial charge < -0.3 is 24.4 Å². The van der Waals surface area contributed by atoms with Crippen LogP contribution in [0.4, 0.5) is 5.69 Å². The largest absolute Gasteiger partial charge is 0.497 e. The second-order valence-electron chi connectivity index (χ2n) is 8.68. The van der Waals surface area contributed by atoms with Gasteiger partial charge in [0.15, 0.2) is 11.5 Å². The highest BCUT2D eigenvalue weighted by Crippen LogP contribution is 2.32. The number of ether oxygens (including phenoxy) is 3. The van der Waals surface area contributed by atoms with Gasteiger partial charge in [0.05, 0.1) is 33.3 Å². The Hall–Kier alpha value is -3.47. The Balaban J connectivity index is 2.45. The van der Waals surface area contributed by atoms with Gasteiger partial charge >= 0.3 is 0 Å². The van der Waals surface area contributed by atoms with Crippen LogP contribution in [-0.2, 0) is 26.2 Å². The molecule has 0 aromatic heterocycles. The van der Waals surface area contributed by atoms with Gasteiger partial charge in [-0.1, -0.05) is 19.1 Å². The molecule has 0 fully saturated rings. The normalized spacial score (nSPS) is 12.7. The smallest absolute Gasteiger partial charge is 0.244 e. The van der Waals surface area contributed by atoms with Crippen LogP contribution in [0, 0.1) is 0 Å². The molecule has 2 rings (SSSR count). The number of carbonyl (C=O) groups excluding carboxylic acids is 2. The number of rotatable bonds is 13. The van der Waals surface area contributed by atoms with Crippen LogP contribution < -0.4 is 23.8 Å². The molecular formula is C26H37N3O7S. The monoisotopic (exact) mass is 535 g/mol. The molecule has 0 bridgehead atoms. The number of hydrogen-bond acceptors (Lipinski definition) is 7. The molecule has 0 aliphatic heterocycles. The van der Waals surface area contributed by atoms with E-state index >= 15 is 0 Å². The average molecular weight is 536 g/mol. The molecule has 1 N–H and O–H groups in total. The van der Waals surface area contributed by atoms with E-state index in [9.17, 15) is 18.0 Å². The predicted molar refractivity (Wildman–Crippen MR) is 143 cm³/mol. The van der Waals surface area contributed by atoms with E-state index in [1.54, 1.807) is 31.2 Å². The van der Waals surface area contributed by atoms with Crippen LogP contribution in [0.1, 0.15) is 32.8 Å². The number of benzene rings is 2. The van der Waals surface area contributed by atoms with E-state index < -0.39 is 28.5 Å². The van der Waals surface area contributed by atoms with Crippen molar-refractivity contribution < 1.29 is 32.2 Å². The maximum Gasteiger partial charge on any atom is 0.244 e. The molecule has 37 heavy (non-hydrogen) atoms. The number of nitrogens with one attached hydrogen (secondary N) is 1. The van der Waals surface area contributed by atoms with Crippen LogP contribution in [0.15, 0.2) is 42.5 Å². The van der Waals surface area contributed by atoms with Crippen LogP contribution in [0.25, 0.3) is 0 Å². The Morgan fingerprint density at radius 3 is 2.22 bits per heavy atom. The number of hydrogen-bond donors (Lipinski definition) is 1. The lowest BCUT2D eigenvalue weighted by molar-refractivity contribution is -0.139. The van der Waals surface area contributed by atoms with Gasteiger partial charge in [-0.05, 0) is 50.1 Å². The molecule has 0 radical (unpaired) electrons. The van der Waals surface area contributed by atoms with Gasteiger partial charge in [-0.25, -0.2) is 8.42 Å². The van der Waals surface area contributed by atoms with Crippen molar-refractivity contribution in [1.82, 2.24) is 10.2 Å². The fourth-order valence-corrected chi connectivity index (χ4v) is 4.45. The summed E-state index contributed by atoms with van der Waals surface area (Å²) in [4.78, 5) is 28.0. The van der Waals surface area contributed by atoms with E-state index in [-0.39, 0.29) is 24.2 Å². The quantitative estimate of drug-likeness (QED) is 0.419. The fraction of sp³-hybridized carbons (Fsp3) is 0.462. The van der Waals surface area contributed by atoms with Crippen molar-refractivity contribution in [1.29, 1.82) is 0 Å². The molecule has 0 aliphatic rings. The molecule has 0 aliphatic carbocycles. The minimum atomic E-state index is -3.87. The van der Waals surface area contributed by atoms with Crippen LogP contribution in [0.3, 0.4) is 0 Å². The molecule has 10 nitrogen and oxygen atoms in total. The number of amides is 2. The lowest BCUT2D eigenvalue weighted by Crippen LogP contribution is -2.52. The number of anilines is 1. The molecule has 2 aromatic rings. The zero-order valence-electron chi connectivity index (χ0n) is 22.5. The molecule has 0 saturated heterocycles. The van der Waals surface area contributed by atoms with Crippen molar-refractivity contribution in [3.8, 4) is 17.2 Å². The molecule has 204 valence electrons. The van der Waals surface area contributed by atoms with E-state index in [0.717, 1.165) is 22.5 Å². The lowest BCUT2D eigenvalue weighted by Gasteiger charge is -2.32. The van der Waals surface area contributed by atoms with Gasteiger partial charge in [0.2, 0.25) is 21.8 Å². The van der Waals surface area contributed by atoms with Gasteiger partial charge in [-0.15, -0.1) is 0 Å². The number of methoxy groups -OCH3 is 3. The number of sulfonamides is 1. The third-order valence-electron chi connectivity index (χ3n) is 5.99. The molecule has 2 aromatic carbocycles. The third-order valence-corrected chi connectivity index (χ3v) is 7.13. The van der Waals surface area contributed by atoms with Crippen molar-refractivity contribution in [2.24, 2.45) is 0 Å². The highest BCUT2D eigenvalue weighted by Gasteiger charge is 2.31. The molecule has 0 saturated carbocycles. The second kappa shape index (κ2) is 13.2. The van der Waals surface area contributed by atoms with Crippen molar-refractivity contribution in [2.45, 2.75) is 45.8 Å². The number of nitrogens with zero attached hydrogens (tertiary/aromatic N) is 2. The summed E-state index contributed by atoms with van der Waals surface area (Å²) in [6, 6.07) is 10.8. The Bertz CT molecular complexity index is 1190. The Morgan fingerprint density at radius 1 is 0.973 bits per heavy atom.